The number of hydrogen-bond donors (Lipinski definition) is 1. The molecule has 1 unspecified atom stereocenters. The van der Waals surface area contributed by atoms with Gasteiger partial charge in [0.25, 0.3) is 0 Å². The van der Waals surface area contributed by atoms with Crippen molar-refractivity contribution in [1.82, 2.24) is 0 Å². The van der Waals surface area contributed by atoms with Gasteiger partial charge in [-0.25, -0.2) is 0 Å². The fourth-order valence-electron chi connectivity index (χ4n) is 5.04. The van der Waals surface area contributed by atoms with Crippen molar-refractivity contribution < 1.29 is 4.74 Å². The Labute approximate surface area is 185 Å². The minimum atomic E-state index is -1.64. The van der Waals surface area contributed by atoms with Crippen molar-refractivity contribution in [2.45, 2.75) is 59.5 Å². The molecule has 0 spiro atoms. The van der Waals surface area contributed by atoms with E-state index in [-0.39, 0.29) is 23.1 Å². The average Bonchev–Trinajstić information content (AvgIpc) is 2.72. The molecule has 0 heterocycles. The van der Waals surface area contributed by atoms with Gasteiger partial charge in [0.05, 0.1) is 29.5 Å². The van der Waals surface area contributed by atoms with Gasteiger partial charge in [-0.2, -0.15) is 15.8 Å². The maximum absolute atomic E-state index is 10.3. The quantitative estimate of drug-likeness (QED) is 0.718. The first-order chi connectivity index (χ1) is 14.6. The minimum Gasteiger partial charge on any atom is -0.491 e. The van der Waals surface area contributed by atoms with Gasteiger partial charge in [0.1, 0.15) is 11.8 Å². The zero-order valence-corrected chi connectivity index (χ0v) is 18.9. The summed E-state index contributed by atoms with van der Waals surface area (Å²) in [6.45, 7) is 10.5. The molecule has 0 aromatic heterocycles. The predicted molar refractivity (Wildman–Crippen MR) is 119 cm³/mol. The Hall–Kier alpha value is -3.23. The lowest BCUT2D eigenvalue weighted by Crippen LogP contribution is -2.44. The summed E-state index contributed by atoms with van der Waals surface area (Å²) < 4.78 is 6.08. The molecule has 5 nitrogen and oxygen atoms in total. The van der Waals surface area contributed by atoms with Gasteiger partial charge in [-0.1, -0.05) is 45.0 Å². The minimum absolute atomic E-state index is 0.0565. The van der Waals surface area contributed by atoms with Crippen molar-refractivity contribution in [1.29, 1.82) is 15.8 Å². The maximum Gasteiger partial charge on any atom is 0.191 e. The fourth-order valence-corrected chi connectivity index (χ4v) is 5.04. The Balaban J connectivity index is 2.32. The highest BCUT2D eigenvalue weighted by Crippen LogP contribution is 2.59. The highest BCUT2D eigenvalue weighted by molar-refractivity contribution is 5.60. The lowest BCUT2D eigenvalue weighted by Gasteiger charge is -2.47. The summed E-state index contributed by atoms with van der Waals surface area (Å²) in [6, 6.07) is 14.2. The first-order valence-corrected chi connectivity index (χ1v) is 10.8. The van der Waals surface area contributed by atoms with Crippen molar-refractivity contribution in [3.8, 4) is 24.0 Å². The van der Waals surface area contributed by atoms with Crippen LogP contribution in [-0.2, 0) is 0 Å². The van der Waals surface area contributed by atoms with Crippen molar-refractivity contribution in [2.24, 2.45) is 28.4 Å². The van der Waals surface area contributed by atoms with E-state index in [0.717, 1.165) is 24.0 Å². The summed E-state index contributed by atoms with van der Waals surface area (Å²) in [6.07, 6.45) is 3.67. The van der Waals surface area contributed by atoms with Crippen LogP contribution in [0.15, 0.2) is 47.2 Å². The van der Waals surface area contributed by atoms with Crippen LogP contribution in [0.2, 0.25) is 0 Å². The fraction of sp³-hybridized carbons (Fsp3) is 0.500. The molecular weight excluding hydrogens is 384 g/mol. The second-order valence-corrected chi connectivity index (χ2v) is 9.91. The van der Waals surface area contributed by atoms with E-state index in [9.17, 15) is 15.8 Å². The summed E-state index contributed by atoms with van der Waals surface area (Å²) in [5, 5.41) is 30.5. The molecule has 31 heavy (non-hydrogen) atoms. The molecule has 3 atom stereocenters. The second kappa shape index (κ2) is 8.13. The largest absolute Gasteiger partial charge is 0.491 e. The van der Waals surface area contributed by atoms with Gasteiger partial charge >= 0.3 is 0 Å². The van der Waals surface area contributed by atoms with E-state index in [1.807, 2.05) is 38.1 Å². The summed E-state index contributed by atoms with van der Waals surface area (Å²) in [5.74, 6) is 0.321. The van der Waals surface area contributed by atoms with Crippen LogP contribution in [0.4, 0.5) is 0 Å². The molecule has 1 aromatic rings. The monoisotopic (exact) mass is 414 g/mol. The van der Waals surface area contributed by atoms with Crippen molar-refractivity contribution in [3.63, 3.8) is 0 Å². The van der Waals surface area contributed by atoms with Crippen LogP contribution in [0, 0.1) is 56.7 Å². The third kappa shape index (κ3) is 3.68. The smallest absolute Gasteiger partial charge is 0.191 e. The van der Waals surface area contributed by atoms with Crippen LogP contribution in [0.1, 0.15) is 58.9 Å². The second-order valence-electron chi connectivity index (χ2n) is 9.91. The first kappa shape index (κ1) is 22.5. The normalized spacial score (nSPS) is 25.0. The Kier molecular flexibility index (Phi) is 5.89. The molecule has 1 aromatic carbocycles. The van der Waals surface area contributed by atoms with E-state index < -0.39 is 11.3 Å². The lowest BCUT2D eigenvalue weighted by molar-refractivity contribution is 0.167. The zero-order chi connectivity index (χ0) is 23.0. The molecule has 0 radical (unpaired) electrons. The van der Waals surface area contributed by atoms with Gasteiger partial charge < -0.3 is 10.5 Å². The van der Waals surface area contributed by atoms with Crippen molar-refractivity contribution in [3.05, 3.63) is 52.7 Å². The summed E-state index contributed by atoms with van der Waals surface area (Å²) in [4.78, 5) is 0. The maximum atomic E-state index is 10.3. The van der Waals surface area contributed by atoms with Gasteiger partial charge in [-0.15, -0.1) is 0 Å². The highest BCUT2D eigenvalue weighted by atomic mass is 16.5. The van der Waals surface area contributed by atoms with Crippen LogP contribution in [0.5, 0.6) is 5.75 Å². The molecule has 0 saturated heterocycles. The van der Waals surface area contributed by atoms with Crippen molar-refractivity contribution >= 4 is 0 Å². The van der Waals surface area contributed by atoms with E-state index in [2.05, 4.69) is 45.1 Å². The molecule has 0 aliphatic heterocycles. The SMILES string of the molecule is CC(C)Oc1ccccc1[C@@H]1[C@H]2CC(C(C)(C)C)CC=C2C(C#N)=C(N)C1(C#N)C#N. The molecule has 0 fully saturated rings. The first-order valence-electron chi connectivity index (χ1n) is 10.8. The van der Waals surface area contributed by atoms with Gasteiger partial charge in [-0.3, -0.25) is 0 Å². The molecule has 2 N–H and O–H groups in total. The number of nitrogens with two attached hydrogens (primary N) is 1. The molecule has 3 rings (SSSR count). The molecule has 5 heteroatoms. The number of fused-ring (bicyclic) bond motifs is 1. The number of allylic oxidation sites excluding steroid dienone is 4. The van der Waals surface area contributed by atoms with Gasteiger partial charge in [-0.05, 0) is 55.6 Å². The Morgan fingerprint density at radius 1 is 1.13 bits per heavy atom. The van der Waals surface area contributed by atoms with E-state index in [4.69, 9.17) is 10.5 Å². The van der Waals surface area contributed by atoms with Gasteiger partial charge in [0.15, 0.2) is 5.41 Å². The summed E-state index contributed by atoms with van der Waals surface area (Å²) >= 11 is 0. The molecule has 0 amide bonds. The van der Waals surface area contributed by atoms with Crippen LogP contribution < -0.4 is 10.5 Å². The van der Waals surface area contributed by atoms with E-state index in [1.54, 1.807) is 0 Å². The van der Waals surface area contributed by atoms with Crippen LogP contribution in [0.3, 0.4) is 0 Å². The topological polar surface area (TPSA) is 107 Å². The molecular formula is C26H30N4O. The summed E-state index contributed by atoms with van der Waals surface area (Å²) in [7, 11) is 0. The number of nitrogens with zero attached hydrogens (tertiary/aromatic N) is 3. The number of hydrogen-bond acceptors (Lipinski definition) is 5. The molecule has 2 aliphatic carbocycles. The Morgan fingerprint density at radius 2 is 1.77 bits per heavy atom. The van der Waals surface area contributed by atoms with Gasteiger partial charge in [0.2, 0.25) is 0 Å². The molecule has 2 aliphatic rings. The van der Waals surface area contributed by atoms with E-state index >= 15 is 0 Å². The standard InChI is InChI=1S/C26H30N4O/c1-16(2)31-22-9-7-6-8-19(22)23-20-12-17(25(3,4)5)10-11-18(20)21(13-27)24(30)26(23,14-28)15-29/h6-9,11,16-17,20,23H,10,12,30H2,1-5H3/t17?,20-,23+/m0/s1. The third-order valence-corrected chi connectivity index (χ3v) is 6.72. The lowest BCUT2D eigenvalue weighted by atomic mass is 9.54. The Bertz CT molecular complexity index is 1040. The summed E-state index contributed by atoms with van der Waals surface area (Å²) in [5.41, 5.74) is 6.86. The highest BCUT2D eigenvalue weighted by Gasteiger charge is 2.55. The predicted octanol–water partition coefficient (Wildman–Crippen LogP) is 5.34. The molecule has 0 bridgehead atoms. The third-order valence-electron chi connectivity index (χ3n) is 6.72. The Morgan fingerprint density at radius 3 is 2.32 bits per heavy atom. The van der Waals surface area contributed by atoms with Crippen LogP contribution in [0.25, 0.3) is 0 Å². The van der Waals surface area contributed by atoms with Crippen LogP contribution >= 0.6 is 0 Å². The van der Waals surface area contributed by atoms with Gasteiger partial charge in [0, 0.05) is 11.5 Å². The number of rotatable bonds is 3. The number of ether oxygens (including phenoxy) is 1. The average molecular weight is 415 g/mol. The number of nitriles is 3. The number of benzene rings is 1. The number of para-hydroxylation sites is 1. The van der Waals surface area contributed by atoms with Crippen LogP contribution in [-0.4, -0.2) is 6.10 Å². The van der Waals surface area contributed by atoms with E-state index in [0.29, 0.717) is 17.2 Å². The molecule has 160 valence electrons. The molecule has 0 saturated carbocycles. The van der Waals surface area contributed by atoms with E-state index in [1.165, 1.54) is 0 Å². The zero-order valence-electron chi connectivity index (χ0n) is 18.9. The van der Waals surface area contributed by atoms with Crippen molar-refractivity contribution in [2.75, 3.05) is 0 Å².